The van der Waals surface area contributed by atoms with E-state index in [1.165, 1.54) is 18.2 Å². The molecule has 0 radical (unpaired) electrons. The molecule has 0 saturated carbocycles. The first-order valence-corrected chi connectivity index (χ1v) is 13.5. The number of allylic oxidation sites excluding steroid dienone is 1. The quantitative estimate of drug-likeness (QED) is 0.260. The fourth-order valence-corrected chi connectivity index (χ4v) is 5.37. The molecule has 1 amide bonds. The predicted molar refractivity (Wildman–Crippen MR) is 162 cm³/mol. The van der Waals surface area contributed by atoms with Crippen molar-refractivity contribution in [3.63, 3.8) is 0 Å². The van der Waals surface area contributed by atoms with Crippen LogP contribution >= 0.6 is 0 Å². The molecule has 0 saturated heterocycles. The Hall–Kier alpha value is -4.19. The van der Waals surface area contributed by atoms with E-state index in [1.807, 2.05) is 55.4 Å². The number of ketones is 1. The van der Waals surface area contributed by atoms with E-state index in [0.717, 1.165) is 40.9 Å². The van der Waals surface area contributed by atoms with Crippen molar-refractivity contribution in [1.29, 1.82) is 0 Å². The molecular formula is C34H38N2O4. The molecule has 3 aromatic carbocycles. The molecule has 40 heavy (non-hydrogen) atoms. The lowest BCUT2D eigenvalue weighted by molar-refractivity contribution is 0.0696. The van der Waals surface area contributed by atoms with E-state index in [9.17, 15) is 14.4 Å². The van der Waals surface area contributed by atoms with E-state index >= 15 is 0 Å². The number of nitrogens with zero attached hydrogens (tertiary/aromatic N) is 2. The summed E-state index contributed by atoms with van der Waals surface area (Å²) in [6.07, 6.45) is 5.13. The van der Waals surface area contributed by atoms with Crippen LogP contribution in [0.1, 0.15) is 88.3 Å². The number of amides is 1. The fourth-order valence-electron chi connectivity index (χ4n) is 5.37. The van der Waals surface area contributed by atoms with Crippen LogP contribution in [0.15, 0.2) is 66.7 Å². The van der Waals surface area contributed by atoms with Crippen LogP contribution in [-0.2, 0) is 10.8 Å². The minimum absolute atomic E-state index is 0.134. The molecule has 0 fully saturated rings. The summed E-state index contributed by atoms with van der Waals surface area (Å²) >= 11 is 0. The van der Waals surface area contributed by atoms with Gasteiger partial charge in [-0.1, -0.05) is 45.9 Å². The molecule has 0 aromatic heterocycles. The van der Waals surface area contributed by atoms with Crippen LogP contribution in [0.25, 0.3) is 6.08 Å². The molecule has 6 nitrogen and oxygen atoms in total. The summed E-state index contributed by atoms with van der Waals surface area (Å²) in [4.78, 5) is 42.0. The van der Waals surface area contributed by atoms with E-state index in [2.05, 4.69) is 27.7 Å². The standard InChI is InChI=1S/C34H38N2O4/c1-33(2)18-19-34(3,4)30-27(33)20-25(29(37)17-10-22-8-11-24(12-9-22)32(39)40)21-28(30)36(7)31(38)23-13-15-26(16-14-23)35(5)6/h8-17,20-21H,18-19H2,1-7H3,(H,39,40)/b17-10+. The Labute approximate surface area is 236 Å². The Morgan fingerprint density at radius 1 is 0.775 bits per heavy atom. The van der Waals surface area contributed by atoms with Gasteiger partial charge in [0.1, 0.15) is 0 Å². The predicted octanol–water partition coefficient (Wildman–Crippen LogP) is 6.97. The number of anilines is 2. The molecule has 1 aliphatic rings. The first kappa shape index (κ1) is 28.8. The number of carboxylic acid groups (broad SMARTS) is 1. The van der Waals surface area contributed by atoms with Crippen LogP contribution in [0.3, 0.4) is 0 Å². The van der Waals surface area contributed by atoms with Gasteiger partial charge in [0, 0.05) is 43.6 Å². The van der Waals surface area contributed by atoms with Gasteiger partial charge in [0.2, 0.25) is 0 Å². The minimum atomic E-state index is -0.994. The summed E-state index contributed by atoms with van der Waals surface area (Å²) in [5.41, 5.74) is 5.63. The van der Waals surface area contributed by atoms with Gasteiger partial charge in [-0.25, -0.2) is 4.79 Å². The zero-order valence-electron chi connectivity index (χ0n) is 24.4. The fraction of sp³-hybridized carbons (Fsp3) is 0.324. The van der Waals surface area contributed by atoms with Crippen molar-refractivity contribution in [2.24, 2.45) is 0 Å². The topological polar surface area (TPSA) is 77.9 Å². The average molecular weight is 539 g/mol. The molecule has 0 aliphatic heterocycles. The molecule has 0 spiro atoms. The van der Waals surface area contributed by atoms with Gasteiger partial charge in [-0.2, -0.15) is 0 Å². The molecule has 0 atom stereocenters. The van der Waals surface area contributed by atoms with Gasteiger partial charge in [0.15, 0.2) is 5.78 Å². The SMILES string of the molecule is CN(C)c1ccc(C(=O)N(C)c2cc(C(=O)/C=C/c3ccc(C(=O)O)cc3)cc3c2C(C)(C)CCC3(C)C)cc1. The molecule has 6 heteroatoms. The second-order valence-electron chi connectivity index (χ2n) is 12.1. The molecule has 0 unspecified atom stereocenters. The first-order chi connectivity index (χ1) is 18.7. The lowest BCUT2D eigenvalue weighted by Crippen LogP contribution is -2.37. The summed E-state index contributed by atoms with van der Waals surface area (Å²) in [5.74, 6) is -1.31. The Balaban J connectivity index is 1.77. The average Bonchev–Trinajstić information content (AvgIpc) is 2.93. The summed E-state index contributed by atoms with van der Waals surface area (Å²) in [5, 5.41) is 9.13. The summed E-state index contributed by atoms with van der Waals surface area (Å²) in [6.45, 7) is 8.80. The van der Waals surface area contributed by atoms with Crippen LogP contribution in [0.2, 0.25) is 0 Å². The van der Waals surface area contributed by atoms with Crippen LogP contribution in [-0.4, -0.2) is 43.9 Å². The summed E-state index contributed by atoms with van der Waals surface area (Å²) in [6, 6.07) is 17.7. The smallest absolute Gasteiger partial charge is 0.335 e. The molecule has 0 bridgehead atoms. The van der Waals surface area contributed by atoms with Crippen molar-refractivity contribution < 1.29 is 19.5 Å². The van der Waals surface area contributed by atoms with Gasteiger partial charge in [0.25, 0.3) is 5.91 Å². The van der Waals surface area contributed by atoms with Gasteiger partial charge in [-0.15, -0.1) is 0 Å². The molecule has 1 N–H and O–H groups in total. The number of fused-ring (bicyclic) bond motifs is 1. The zero-order chi connectivity index (χ0) is 29.4. The third-order valence-electron chi connectivity index (χ3n) is 8.06. The van der Waals surface area contributed by atoms with E-state index in [-0.39, 0.29) is 28.1 Å². The third-order valence-corrected chi connectivity index (χ3v) is 8.06. The minimum Gasteiger partial charge on any atom is -0.478 e. The van der Waals surface area contributed by atoms with Crippen molar-refractivity contribution in [3.05, 3.63) is 100 Å². The number of benzene rings is 3. The number of hydrogen-bond acceptors (Lipinski definition) is 4. The highest BCUT2D eigenvalue weighted by Crippen LogP contribution is 2.50. The molecule has 3 aromatic rings. The van der Waals surface area contributed by atoms with Crippen molar-refractivity contribution in [3.8, 4) is 0 Å². The second kappa shape index (κ2) is 10.8. The van der Waals surface area contributed by atoms with E-state index < -0.39 is 5.97 Å². The maximum atomic E-state index is 13.7. The van der Waals surface area contributed by atoms with Gasteiger partial charge in [0.05, 0.1) is 5.56 Å². The van der Waals surface area contributed by atoms with Gasteiger partial charge in [-0.05, 0) is 95.0 Å². The highest BCUT2D eigenvalue weighted by atomic mass is 16.4. The Bertz CT molecular complexity index is 1480. The summed E-state index contributed by atoms with van der Waals surface area (Å²) < 4.78 is 0. The van der Waals surface area contributed by atoms with E-state index in [0.29, 0.717) is 11.1 Å². The Morgan fingerprint density at radius 3 is 1.93 bits per heavy atom. The maximum absolute atomic E-state index is 13.7. The van der Waals surface area contributed by atoms with Gasteiger partial charge in [-0.3, -0.25) is 9.59 Å². The number of carboxylic acids is 1. The van der Waals surface area contributed by atoms with Crippen LogP contribution in [0.4, 0.5) is 11.4 Å². The third kappa shape index (κ3) is 5.71. The zero-order valence-corrected chi connectivity index (χ0v) is 24.4. The lowest BCUT2D eigenvalue weighted by Gasteiger charge is -2.44. The van der Waals surface area contributed by atoms with Crippen molar-refractivity contribution in [2.75, 3.05) is 30.9 Å². The van der Waals surface area contributed by atoms with E-state index in [4.69, 9.17) is 5.11 Å². The second-order valence-corrected chi connectivity index (χ2v) is 12.1. The normalized spacial score (nSPS) is 15.4. The molecule has 208 valence electrons. The maximum Gasteiger partial charge on any atom is 0.335 e. The van der Waals surface area contributed by atoms with Crippen molar-refractivity contribution >= 4 is 35.1 Å². The monoisotopic (exact) mass is 538 g/mol. The van der Waals surface area contributed by atoms with Crippen LogP contribution < -0.4 is 9.80 Å². The molecule has 1 aliphatic carbocycles. The first-order valence-electron chi connectivity index (χ1n) is 13.5. The van der Waals surface area contributed by atoms with E-state index in [1.54, 1.807) is 30.2 Å². The Kier molecular flexibility index (Phi) is 7.75. The van der Waals surface area contributed by atoms with Crippen LogP contribution in [0.5, 0.6) is 0 Å². The number of carbonyl (C=O) groups excluding carboxylic acids is 2. The van der Waals surface area contributed by atoms with Crippen molar-refractivity contribution in [1.82, 2.24) is 0 Å². The highest BCUT2D eigenvalue weighted by Gasteiger charge is 2.40. The molecular weight excluding hydrogens is 500 g/mol. The Morgan fingerprint density at radius 2 is 1.35 bits per heavy atom. The van der Waals surface area contributed by atoms with Crippen molar-refractivity contribution in [2.45, 2.75) is 51.4 Å². The van der Waals surface area contributed by atoms with Gasteiger partial charge >= 0.3 is 5.97 Å². The number of rotatable bonds is 7. The number of aromatic carboxylic acids is 1. The highest BCUT2D eigenvalue weighted by molar-refractivity contribution is 6.10. The number of hydrogen-bond donors (Lipinski definition) is 1. The molecule has 4 rings (SSSR count). The largest absolute Gasteiger partial charge is 0.478 e. The lowest BCUT2D eigenvalue weighted by atomic mass is 9.62. The molecule has 0 heterocycles. The number of carbonyl (C=O) groups is 3. The summed E-state index contributed by atoms with van der Waals surface area (Å²) in [7, 11) is 5.70. The van der Waals surface area contributed by atoms with Gasteiger partial charge < -0.3 is 14.9 Å². The van der Waals surface area contributed by atoms with Crippen LogP contribution in [0, 0.1) is 0 Å².